The lowest BCUT2D eigenvalue weighted by atomic mass is 10.2. The van der Waals surface area contributed by atoms with Gasteiger partial charge in [-0.15, -0.1) is 0 Å². The van der Waals surface area contributed by atoms with E-state index >= 15 is 0 Å². The van der Waals surface area contributed by atoms with Crippen LogP contribution in [-0.4, -0.2) is 20.9 Å². The van der Waals surface area contributed by atoms with Crippen LogP contribution in [0.25, 0.3) is 0 Å². The molecule has 0 radical (unpaired) electrons. The molecule has 0 saturated heterocycles. The topological polar surface area (TPSA) is 84.5 Å². The molecule has 3 aromatic rings. The van der Waals surface area contributed by atoms with Gasteiger partial charge in [-0.25, -0.2) is 8.42 Å². The summed E-state index contributed by atoms with van der Waals surface area (Å²) >= 11 is 11.8. The van der Waals surface area contributed by atoms with Gasteiger partial charge in [0.1, 0.15) is 5.75 Å². The summed E-state index contributed by atoms with van der Waals surface area (Å²) < 4.78 is 33.3. The smallest absolute Gasteiger partial charge is 0.262 e. The lowest BCUT2D eigenvalue weighted by molar-refractivity contribution is -0.118. The first kappa shape index (κ1) is 22.9. The Kier molecular flexibility index (Phi) is 7.10. The average molecular weight is 479 g/mol. The minimum absolute atomic E-state index is 0.0753. The Labute approximate surface area is 191 Å². The molecular weight excluding hydrogens is 459 g/mol. The highest BCUT2D eigenvalue weighted by Gasteiger charge is 2.16. The van der Waals surface area contributed by atoms with Crippen molar-refractivity contribution in [1.29, 1.82) is 0 Å². The number of anilines is 2. The number of nitrogens with one attached hydrogen (secondary N) is 2. The number of amides is 1. The number of sulfonamides is 1. The van der Waals surface area contributed by atoms with Crippen LogP contribution < -0.4 is 14.8 Å². The maximum absolute atomic E-state index is 12.6. The molecular formula is C22H20Cl2N2O4S. The Bertz CT molecular complexity index is 1210. The summed E-state index contributed by atoms with van der Waals surface area (Å²) in [5, 5.41) is 3.77. The first-order chi connectivity index (χ1) is 14.6. The summed E-state index contributed by atoms with van der Waals surface area (Å²) in [6.45, 7) is 3.33. The van der Waals surface area contributed by atoms with Crippen molar-refractivity contribution in [2.24, 2.45) is 0 Å². The van der Waals surface area contributed by atoms with Crippen LogP contribution in [0.3, 0.4) is 0 Å². The van der Waals surface area contributed by atoms with Crippen LogP contribution in [0.1, 0.15) is 11.1 Å². The van der Waals surface area contributed by atoms with E-state index in [1.54, 1.807) is 49.4 Å². The van der Waals surface area contributed by atoms with Gasteiger partial charge in [-0.1, -0.05) is 29.3 Å². The second-order valence-electron chi connectivity index (χ2n) is 6.84. The minimum Gasteiger partial charge on any atom is -0.483 e. The van der Waals surface area contributed by atoms with Crippen molar-refractivity contribution in [2.75, 3.05) is 16.6 Å². The van der Waals surface area contributed by atoms with Crippen molar-refractivity contribution in [2.45, 2.75) is 18.7 Å². The number of halogens is 2. The number of carbonyl (C=O) groups excluding carboxylic acids is 1. The summed E-state index contributed by atoms with van der Waals surface area (Å²) in [5.74, 6) is 0.0503. The highest BCUT2D eigenvalue weighted by molar-refractivity contribution is 7.92. The molecule has 6 nitrogen and oxygen atoms in total. The van der Waals surface area contributed by atoms with Gasteiger partial charge in [0.2, 0.25) is 0 Å². The quantitative estimate of drug-likeness (QED) is 0.474. The molecule has 0 aliphatic rings. The van der Waals surface area contributed by atoms with Crippen LogP contribution in [-0.2, 0) is 14.8 Å². The molecule has 31 heavy (non-hydrogen) atoms. The molecule has 0 aromatic heterocycles. The molecule has 0 fully saturated rings. The molecule has 3 rings (SSSR count). The van der Waals surface area contributed by atoms with E-state index in [0.717, 1.165) is 5.56 Å². The van der Waals surface area contributed by atoms with Gasteiger partial charge in [-0.3, -0.25) is 9.52 Å². The molecule has 0 atom stereocenters. The highest BCUT2D eigenvalue weighted by Crippen LogP contribution is 2.25. The van der Waals surface area contributed by atoms with Crippen LogP contribution in [0.4, 0.5) is 11.4 Å². The predicted molar refractivity (Wildman–Crippen MR) is 124 cm³/mol. The third kappa shape index (κ3) is 6.13. The third-order valence-electron chi connectivity index (χ3n) is 4.39. The summed E-state index contributed by atoms with van der Waals surface area (Å²) in [6.07, 6.45) is 0. The molecule has 1 amide bonds. The van der Waals surface area contributed by atoms with Gasteiger partial charge in [0.15, 0.2) is 6.61 Å². The van der Waals surface area contributed by atoms with Crippen molar-refractivity contribution in [3.8, 4) is 5.75 Å². The summed E-state index contributed by atoms with van der Waals surface area (Å²) in [5.41, 5.74) is 2.45. The van der Waals surface area contributed by atoms with Crippen molar-refractivity contribution in [1.82, 2.24) is 0 Å². The van der Waals surface area contributed by atoms with Crippen LogP contribution in [0.15, 0.2) is 65.6 Å². The van der Waals surface area contributed by atoms with E-state index in [0.29, 0.717) is 32.7 Å². The molecule has 0 heterocycles. The standard InChI is InChI=1S/C22H20Cl2N2O4S/c1-14-3-4-17(24)12-20(14)25-22(27)13-30-21-10-9-19(11-15(21)2)31(28,29)26-18-7-5-16(23)6-8-18/h3-12,26H,13H2,1-2H3,(H,25,27). The van der Waals surface area contributed by atoms with Crippen molar-refractivity contribution in [3.63, 3.8) is 0 Å². The number of hydrogen-bond acceptors (Lipinski definition) is 4. The van der Waals surface area contributed by atoms with Gasteiger partial charge in [-0.2, -0.15) is 0 Å². The van der Waals surface area contributed by atoms with Gasteiger partial charge in [-0.05, 0) is 79.6 Å². The highest BCUT2D eigenvalue weighted by atomic mass is 35.5. The summed E-state index contributed by atoms with van der Waals surface area (Å²) in [4.78, 5) is 12.3. The fourth-order valence-electron chi connectivity index (χ4n) is 2.74. The zero-order chi connectivity index (χ0) is 22.6. The molecule has 0 bridgehead atoms. The summed E-state index contributed by atoms with van der Waals surface area (Å²) in [6, 6.07) is 16.0. The average Bonchev–Trinajstić information content (AvgIpc) is 2.71. The van der Waals surface area contributed by atoms with E-state index in [1.807, 2.05) is 6.92 Å². The molecule has 0 aliphatic heterocycles. The number of aryl methyl sites for hydroxylation is 2. The molecule has 0 saturated carbocycles. The second-order valence-corrected chi connectivity index (χ2v) is 9.39. The fraction of sp³-hybridized carbons (Fsp3) is 0.136. The van der Waals surface area contributed by atoms with Crippen molar-refractivity contribution < 1.29 is 17.9 Å². The number of ether oxygens (including phenoxy) is 1. The van der Waals surface area contributed by atoms with Gasteiger partial charge < -0.3 is 10.1 Å². The van der Waals surface area contributed by atoms with Crippen LogP contribution in [0.2, 0.25) is 10.0 Å². The monoisotopic (exact) mass is 478 g/mol. The molecule has 2 N–H and O–H groups in total. The maximum Gasteiger partial charge on any atom is 0.262 e. The Morgan fingerprint density at radius 1 is 0.903 bits per heavy atom. The van der Waals surface area contributed by atoms with Crippen molar-refractivity contribution >= 4 is 50.5 Å². The van der Waals surface area contributed by atoms with Crippen LogP contribution >= 0.6 is 23.2 Å². The van der Waals surface area contributed by atoms with E-state index in [4.69, 9.17) is 27.9 Å². The molecule has 162 valence electrons. The zero-order valence-corrected chi connectivity index (χ0v) is 19.1. The zero-order valence-electron chi connectivity index (χ0n) is 16.8. The lowest BCUT2D eigenvalue weighted by Gasteiger charge is -2.13. The van der Waals surface area contributed by atoms with Crippen molar-refractivity contribution in [3.05, 3.63) is 81.8 Å². The molecule has 3 aromatic carbocycles. The van der Waals surface area contributed by atoms with Crippen LogP contribution in [0.5, 0.6) is 5.75 Å². The Morgan fingerprint density at radius 2 is 1.58 bits per heavy atom. The number of rotatable bonds is 7. The normalized spacial score (nSPS) is 11.1. The van der Waals surface area contributed by atoms with E-state index in [2.05, 4.69) is 10.0 Å². The third-order valence-corrected chi connectivity index (χ3v) is 6.25. The SMILES string of the molecule is Cc1ccc(Cl)cc1NC(=O)COc1ccc(S(=O)(=O)Nc2ccc(Cl)cc2)cc1C. The van der Waals surface area contributed by atoms with Gasteiger partial charge in [0.05, 0.1) is 4.90 Å². The first-order valence-electron chi connectivity index (χ1n) is 9.22. The van der Waals surface area contributed by atoms with E-state index in [9.17, 15) is 13.2 Å². The molecule has 0 spiro atoms. The molecule has 9 heteroatoms. The lowest BCUT2D eigenvalue weighted by Crippen LogP contribution is -2.21. The number of carbonyl (C=O) groups is 1. The van der Waals surface area contributed by atoms with E-state index < -0.39 is 10.0 Å². The Balaban J connectivity index is 1.65. The maximum atomic E-state index is 12.6. The minimum atomic E-state index is -3.79. The summed E-state index contributed by atoms with van der Waals surface area (Å²) in [7, 11) is -3.79. The molecule has 0 aliphatic carbocycles. The Hall–Kier alpha value is -2.74. The van der Waals surface area contributed by atoms with Gasteiger partial charge in [0, 0.05) is 21.4 Å². The molecule has 0 unspecified atom stereocenters. The predicted octanol–water partition coefficient (Wildman–Crippen LogP) is 5.43. The van der Waals surface area contributed by atoms with Crippen LogP contribution in [0, 0.1) is 13.8 Å². The Morgan fingerprint density at radius 3 is 2.26 bits per heavy atom. The van der Waals surface area contributed by atoms with Gasteiger partial charge in [0.25, 0.3) is 15.9 Å². The largest absolute Gasteiger partial charge is 0.483 e. The van der Waals surface area contributed by atoms with E-state index in [1.165, 1.54) is 18.2 Å². The first-order valence-corrected chi connectivity index (χ1v) is 11.5. The number of hydrogen-bond donors (Lipinski definition) is 2. The second kappa shape index (κ2) is 9.60. The van der Waals surface area contributed by atoms with E-state index in [-0.39, 0.29) is 17.4 Å². The number of benzene rings is 3. The fourth-order valence-corrected chi connectivity index (χ4v) is 4.18. The van der Waals surface area contributed by atoms with Gasteiger partial charge >= 0.3 is 0 Å².